The van der Waals surface area contributed by atoms with E-state index in [1.54, 1.807) is 42.5 Å². The van der Waals surface area contributed by atoms with Gasteiger partial charge in [0.1, 0.15) is 18.2 Å². The minimum absolute atomic E-state index is 0.00116. The summed E-state index contributed by atoms with van der Waals surface area (Å²) in [4.78, 5) is 48.8. The molecule has 1 saturated heterocycles. The SMILES string of the molecule is CC(=O)OC[C@H]1O[C@@H](n2cnc3c(Cl)nc(OCCc4cn(S(=O)(=O)c5ccc(C)cc5)c5ccc(Cl)cc45)nc32)[C@H](OC(C)=O)[C@@H]1OC(C)=O. The average molecular weight is 761 g/mol. The van der Waals surface area contributed by atoms with Gasteiger partial charge in [-0.3, -0.25) is 19.0 Å². The first kappa shape index (κ1) is 36.0. The molecule has 0 radical (unpaired) electrons. The molecule has 4 atom stereocenters. The van der Waals surface area contributed by atoms with Gasteiger partial charge in [-0.25, -0.2) is 17.4 Å². The topological polar surface area (TPSA) is 180 Å². The number of carbonyl (C=O) groups is 3. The van der Waals surface area contributed by atoms with Crippen LogP contribution < -0.4 is 4.74 Å². The van der Waals surface area contributed by atoms with Gasteiger partial charge in [-0.2, -0.15) is 9.97 Å². The molecule has 0 amide bonds. The molecule has 1 aliphatic heterocycles. The van der Waals surface area contributed by atoms with Gasteiger partial charge in [-0.05, 0) is 42.8 Å². The van der Waals surface area contributed by atoms with Gasteiger partial charge < -0.3 is 23.7 Å². The van der Waals surface area contributed by atoms with Crippen LogP contribution in [0.1, 0.15) is 38.1 Å². The van der Waals surface area contributed by atoms with Crippen molar-refractivity contribution in [2.45, 2.75) is 63.6 Å². The summed E-state index contributed by atoms with van der Waals surface area (Å²) < 4.78 is 58.0. The van der Waals surface area contributed by atoms with Crippen molar-refractivity contribution in [1.29, 1.82) is 0 Å². The Morgan fingerprint density at radius 2 is 1.65 bits per heavy atom. The Morgan fingerprint density at radius 1 is 0.941 bits per heavy atom. The summed E-state index contributed by atoms with van der Waals surface area (Å²) in [6.07, 6.45) is -1.40. The molecule has 2 aromatic carbocycles. The first-order valence-corrected chi connectivity index (χ1v) is 17.7. The van der Waals surface area contributed by atoms with Gasteiger partial charge in [-0.1, -0.05) is 40.9 Å². The maximum Gasteiger partial charge on any atom is 0.319 e. The van der Waals surface area contributed by atoms with E-state index in [1.807, 2.05) is 6.92 Å². The zero-order valence-electron chi connectivity index (χ0n) is 27.6. The monoisotopic (exact) mass is 759 g/mol. The Hall–Kier alpha value is -4.77. The minimum Gasteiger partial charge on any atom is -0.463 e. The van der Waals surface area contributed by atoms with Crippen LogP contribution in [-0.4, -0.2) is 81.3 Å². The van der Waals surface area contributed by atoms with Crippen LogP contribution in [-0.2, 0) is 49.8 Å². The molecule has 3 aromatic heterocycles. The molecule has 6 rings (SSSR count). The number of rotatable bonds is 11. The standard InChI is InChI=1S/C33H31Cl2N5O10S/c1-17-5-8-23(9-6-17)51(44,45)40-14-21(24-13-22(34)7-10-25(24)40)11-12-46-33-37-30(35)27-31(38-33)39(16-36-27)32-29(49-20(4)43)28(48-19(3)42)26(50-32)15-47-18(2)41/h5-10,13-14,16,26,28-29,32H,11-12,15H2,1-4H3/t26-,28-,29-,32-/m1/s1. The number of carbonyl (C=O) groups excluding carboxylic acids is 3. The number of aromatic nitrogens is 5. The van der Waals surface area contributed by atoms with Crippen molar-refractivity contribution in [2.75, 3.05) is 13.2 Å². The molecular weight excluding hydrogens is 729 g/mol. The molecule has 4 heterocycles. The highest BCUT2D eigenvalue weighted by Gasteiger charge is 2.51. The Kier molecular flexibility index (Phi) is 10.2. The van der Waals surface area contributed by atoms with Crippen molar-refractivity contribution in [3.63, 3.8) is 0 Å². The molecule has 51 heavy (non-hydrogen) atoms. The third-order valence-electron chi connectivity index (χ3n) is 7.97. The summed E-state index contributed by atoms with van der Waals surface area (Å²) in [5.74, 6) is -1.96. The molecule has 1 aliphatic rings. The lowest BCUT2D eigenvalue weighted by Crippen LogP contribution is -2.40. The first-order valence-electron chi connectivity index (χ1n) is 15.5. The Bertz CT molecular complexity index is 2260. The highest BCUT2D eigenvalue weighted by molar-refractivity contribution is 7.90. The van der Waals surface area contributed by atoms with Gasteiger partial charge in [0.15, 0.2) is 29.2 Å². The molecular formula is C33H31Cl2N5O10S. The zero-order valence-corrected chi connectivity index (χ0v) is 29.9. The maximum absolute atomic E-state index is 13.6. The number of hydrogen-bond acceptors (Lipinski definition) is 13. The minimum atomic E-state index is -3.94. The highest BCUT2D eigenvalue weighted by Crippen LogP contribution is 2.37. The number of hydrogen-bond donors (Lipinski definition) is 0. The molecule has 0 spiro atoms. The number of ether oxygens (including phenoxy) is 5. The lowest BCUT2D eigenvalue weighted by atomic mass is 10.1. The lowest BCUT2D eigenvalue weighted by molar-refractivity contribution is -0.166. The second-order valence-electron chi connectivity index (χ2n) is 11.7. The largest absolute Gasteiger partial charge is 0.463 e. The van der Waals surface area contributed by atoms with Crippen LogP contribution in [0.25, 0.3) is 22.1 Å². The molecule has 0 aliphatic carbocycles. The predicted octanol–water partition coefficient (Wildman–Crippen LogP) is 4.58. The van der Waals surface area contributed by atoms with Crippen molar-refractivity contribution in [1.82, 2.24) is 23.5 Å². The van der Waals surface area contributed by atoms with E-state index in [0.717, 1.165) is 5.56 Å². The summed E-state index contributed by atoms with van der Waals surface area (Å²) >= 11 is 12.8. The van der Waals surface area contributed by atoms with Gasteiger partial charge in [0, 0.05) is 43.8 Å². The molecule has 0 unspecified atom stereocenters. The summed E-state index contributed by atoms with van der Waals surface area (Å²) in [6.45, 7) is 5.15. The molecule has 268 valence electrons. The molecule has 18 heteroatoms. The summed E-state index contributed by atoms with van der Waals surface area (Å²) in [7, 11) is -3.94. The zero-order chi connectivity index (χ0) is 36.6. The highest BCUT2D eigenvalue weighted by atomic mass is 35.5. The Labute approximate surface area is 301 Å². The van der Waals surface area contributed by atoms with Gasteiger partial charge in [0.25, 0.3) is 10.0 Å². The van der Waals surface area contributed by atoms with Crippen LogP contribution in [0.15, 0.2) is 59.9 Å². The normalized spacial score (nSPS) is 18.9. The fourth-order valence-corrected chi connectivity index (χ4v) is 7.51. The van der Waals surface area contributed by atoms with Gasteiger partial charge >= 0.3 is 23.9 Å². The molecule has 0 saturated carbocycles. The van der Waals surface area contributed by atoms with Crippen molar-refractivity contribution in [2.24, 2.45) is 0 Å². The van der Waals surface area contributed by atoms with Crippen molar-refractivity contribution in [3.05, 3.63) is 76.3 Å². The van der Waals surface area contributed by atoms with Crippen molar-refractivity contribution >= 4 is 73.2 Å². The van der Waals surface area contributed by atoms with Crippen molar-refractivity contribution < 1.29 is 46.5 Å². The summed E-state index contributed by atoms with van der Waals surface area (Å²) in [5, 5.41) is 0.988. The lowest BCUT2D eigenvalue weighted by Gasteiger charge is -2.23. The fraction of sp³-hybridized carbons (Fsp3) is 0.333. The second kappa shape index (κ2) is 14.5. The number of esters is 3. The number of fused-ring (bicyclic) bond motifs is 2. The number of imidazole rings is 1. The first-order chi connectivity index (χ1) is 24.2. The van der Waals surface area contributed by atoms with E-state index in [-0.39, 0.29) is 46.9 Å². The van der Waals surface area contributed by atoms with Crippen LogP contribution in [0.2, 0.25) is 10.2 Å². The number of nitrogens with zero attached hydrogens (tertiary/aromatic N) is 5. The predicted molar refractivity (Wildman–Crippen MR) is 182 cm³/mol. The van der Waals surface area contributed by atoms with E-state index >= 15 is 0 Å². The van der Waals surface area contributed by atoms with Crippen molar-refractivity contribution in [3.8, 4) is 6.01 Å². The molecule has 0 N–H and O–H groups in total. The van der Waals surface area contributed by atoms with Crippen LogP contribution in [0.4, 0.5) is 0 Å². The van der Waals surface area contributed by atoms with E-state index in [1.165, 1.54) is 41.8 Å². The fourth-order valence-electron chi connectivity index (χ4n) is 5.74. The van der Waals surface area contributed by atoms with E-state index in [0.29, 0.717) is 21.5 Å². The average Bonchev–Trinajstić information content (AvgIpc) is 3.74. The molecule has 5 aromatic rings. The maximum atomic E-state index is 13.6. The Balaban J connectivity index is 1.28. The van der Waals surface area contributed by atoms with Crippen LogP contribution in [0, 0.1) is 6.92 Å². The quantitative estimate of drug-likeness (QED) is 0.104. The third kappa shape index (κ3) is 7.49. The van der Waals surface area contributed by atoms with Gasteiger partial charge in [0.05, 0.1) is 23.3 Å². The molecule has 1 fully saturated rings. The number of aryl methyl sites for hydroxylation is 1. The molecule has 0 bridgehead atoms. The van der Waals surface area contributed by atoms with Crippen LogP contribution in [0.3, 0.4) is 0 Å². The number of halogens is 2. The van der Waals surface area contributed by atoms with Crippen LogP contribution in [0.5, 0.6) is 6.01 Å². The van der Waals surface area contributed by atoms with Crippen LogP contribution >= 0.6 is 23.2 Å². The van der Waals surface area contributed by atoms with E-state index < -0.39 is 52.5 Å². The van der Waals surface area contributed by atoms with E-state index in [2.05, 4.69) is 15.0 Å². The summed E-state index contributed by atoms with van der Waals surface area (Å²) in [5.41, 5.74) is 2.31. The van der Waals surface area contributed by atoms with Gasteiger partial charge in [-0.15, -0.1) is 0 Å². The van der Waals surface area contributed by atoms with E-state index in [9.17, 15) is 22.8 Å². The Morgan fingerprint density at radius 3 is 2.33 bits per heavy atom. The van der Waals surface area contributed by atoms with E-state index in [4.69, 9.17) is 46.9 Å². The third-order valence-corrected chi connectivity index (χ3v) is 10.2. The number of benzene rings is 2. The molecule has 15 nitrogen and oxygen atoms in total. The smallest absolute Gasteiger partial charge is 0.319 e. The summed E-state index contributed by atoms with van der Waals surface area (Å²) in [6, 6.07) is 11.4. The van der Waals surface area contributed by atoms with Gasteiger partial charge in [0.2, 0.25) is 0 Å². The second-order valence-corrected chi connectivity index (χ2v) is 14.3.